The number of amides is 2. The van der Waals surface area contributed by atoms with Crippen molar-refractivity contribution < 1.29 is 19.4 Å². The van der Waals surface area contributed by atoms with Gasteiger partial charge in [-0.3, -0.25) is 4.79 Å². The lowest BCUT2D eigenvalue weighted by molar-refractivity contribution is -0.123. The van der Waals surface area contributed by atoms with Crippen LogP contribution in [0.4, 0.5) is 4.79 Å². The van der Waals surface area contributed by atoms with E-state index in [2.05, 4.69) is 10.6 Å². The zero-order chi connectivity index (χ0) is 12.1. The summed E-state index contributed by atoms with van der Waals surface area (Å²) < 4.78 is 4.92. The maximum atomic E-state index is 11.2. The first-order chi connectivity index (χ1) is 6.80. The predicted octanol–water partition coefficient (Wildman–Crippen LogP) is -0.382. The fourth-order valence-electron chi connectivity index (χ4n) is 0.818. The number of likely N-dealkylation sites (N-methyl/N-ethyl adjacent to an activating group) is 1. The molecule has 0 saturated heterocycles. The van der Waals surface area contributed by atoms with Crippen LogP contribution in [0.5, 0.6) is 0 Å². The first-order valence-electron chi connectivity index (χ1n) is 4.62. The number of carbonyl (C=O) groups excluding carboxylic acids is 2. The van der Waals surface area contributed by atoms with Crippen LogP contribution in [0.3, 0.4) is 0 Å². The molecule has 3 N–H and O–H groups in total. The van der Waals surface area contributed by atoms with Gasteiger partial charge in [-0.25, -0.2) is 4.79 Å². The highest BCUT2D eigenvalue weighted by Crippen LogP contribution is 2.06. The number of ether oxygens (including phenoxy) is 1. The van der Waals surface area contributed by atoms with E-state index in [1.807, 2.05) is 0 Å². The van der Waals surface area contributed by atoms with Crippen LogP contribution in [0.15, 0.2) is 0 Å². The summed E-state index contributed by atoms with van der Waals surface area (Å²) in [4.78, 5) is 22.3. The Morgan fingerprint density at radius 1 is 1.40 bits per heavy atom. The zero-order valence-electron chi connectivity index (χ0n) is 9.46. The van der Waals surface area contributed by atoms with Crippen molar-refractivity contribution in [2.75, 3.05) is 13.7 Å². The summed E-state index contributed by atoms with van der Waals surface area (Å²) in [6.45, 7) is 4.65. The highest BCUT2D eigenvalue weighted by molar-refractivity contribution is 5.85. The lowest BCUT2D eigenvalue weighted by Gasteiger charge is -2.22. The molecule has 0 aliphatic carbocycles. The number of aliphatic hydroxyl groups excluding tert-OH is 1. The van der Waals surface area contributed by atoms with Gasteiger partial charge in [0.25, 0.3) is 0 Å². The highest BCUT2D eigenvalue weighted by atomic mass is 16.6. The second-order valence-corrected chi connectivity index (χ2v) is 4.00. The van der Waals surface area contributed by atoms with E-state index < -0.39 is 30.3 Å². The smallest absolute Gasteiger partial charge is 0.408 e. The third-order valence-corrected chi connectivity index (χ3v) is 1.44. The Bertz CT molecular complexity index is 235. The Labute approximate surface area is 89.0 Å². The average Bonchev–Trinajstić information content (AvgIpc) is 2.10. The molecule has 0 fully saturated rings. The second kappa shape index (κ2) is 5.55. The van der Waals surface area contributed by atoms with Crippen LogP contribution in [0, 0.1) is 0 Å². The fourth-order valence-corrected chi connectivity index (χ4v) is 0.818. The largest absolute Gasteiger partial charge is 0.444 e. The van der Waals surface area contributed by atoms with Crippen LogP contribution in [-0.4, -0.2) is 42.4 Å². The SMILES string of the molecule is CNC(=O)C(CO)NC(=O)OC(C)(C)C. The predicted molar refractivity (Wildman–Crippen MR) is 54.3 cm³/mol. The summed E-state index contributed by atoms with van der Waals surface area (Å²) in [5.41, 5.74) is -0.632. The molecule has 1 unspecified atom stereocenters. The van der Waals surface area contributed by atoms with Gasteiger partial charge in [-0.1, -0.05) is 0 Å². The number of hydrogen-bond donors (Lipinski definition) is 3. The second-order valence-electron chi connectivity index (χ2n) is 4.00. The van der Waals surface area contributed by atoms with E-state index in [0.29, 0.717) is 0 Å². The number of alkyl carbamates (subject to hydrolysis) is 1. The molecule has 2 amide bonds. The molecule has 6 heteroatoms. The van der Waals surface area contributed by atoms with Gasteiger partial charge in [-0.2, -0.15) is 0 Å². The van der Waals surface area contributed by atoms with E-state index >= 15 is 0 Å². The van der Waals surface area contributed by atoms with Gasteiger partial charge in [-0.15, -0.1) is 0 Å². The third-order valence-electron chi connectivity index (χ3n) is 1.44. The van der Waals surface area contributed by atoms with Crippen molar-refractivity contribution in [3.05, 3.63) is 0 Å². The molecule has 0 aliphatic heterocycles. The van der Waals surface area contributed by atoms with Crippen molar-refractivity contribution in [3.8, 4) is 0 Å². The van der Waals surface area contributed by atoms with Gasteiger partial charge in [0.05, 0.1) is 6.61 Å². The molecule has 0 aliphatic rings. The molecule has 0 aromatic carbocycles. The molecule has 0 bridgehead atoms. The van der Waals surface area contributed by atoms with Crippen LogP contribution < -0.4 is 10.6 Å². The molecule has 0 heterocycles. The van der Waals surface area contributed by atoms with Crippen molar-refractivity contribution in [3.63, 3.8) is 0 Å². The molecule has 0 aromatic heterocycles. The monoisotopic (exact) mass is 218 g/mol. The summed E-state index contributed by atoms with van der Waals surface area (Å²) in [5, 5.41) is 13.4. The van der Waals surface area contributed by atoms with Crippen LogP contribution in [0.2, 0.25) is 0 Å². The van der Waals surface area contributed by atoms with Gasteiger partial charge >= 0.3 is 6.09 Å². The van der Waals surface area contributed by atoms with E-state index in [1.54, 1.807) is 20.8 Å². The van der Waals surface area contributed by atoms with Crippen LogP contribution >= 0.6 is 0 Å². The molecular weight excluding hydrogens is 200 g/mol. The quantitative estimate of drug-likeness (QED) is 0.602. The van der Waals surface area contributed by atoms with Gasteiger partial charge in [0.2, 0.25) is 5.91 Å². The maximum Gasteiger partial charge on any atom is 0.408 e. The molecule has 15 heavy (non-hydrogen) atoms. The minimum Gasteiger partial charge on any atom is -0.444 e. The van der Waals surface area contributed by atoms with Gasteiger partial charge in [0, 0.05) is 7.05 Å². The van der Waals surface area contributed by atoms with E-state index in [0.717, 1.165) is 0 Å². The summed E-state index contributed by atoms with van der Waals surface area (Å²) in [6, 6.07) is -0.982. The molecule has 0 spiro atoms. The normalized spacial score (nSPS) is 12.9. The number of rotatable bonds is 3. The Hall–Kier alpha value is -1.30. The lowest BCUT2D eigenvalue weighted by Crippen LogP contribution is -2.49. The minimum absolute atomic E-state index is 0.469. The molecule has 1 atom stereocenters. The van der Waals surface area contributed by atoms with Crippen molar-refractivity contribution in [1.29, 1.82) is 0 Å². The van der Waals surface area contributed by atoms with Gasteiger partial charge in [0.15, 0.2) is 0 Å². The van der Waals surface area contributed by atoms with Crippen LogP contribution in [0.25, 0.3) is 0 Å². The molecule has 0 radical (unpaired) electrons. The average molecular weight is 218 g/mol. The van der Waals surface area contributed by atoms with Gasteiger partial charge < -0.3 is 20.5 Å². The first kappa shape index (κ1) is 13.7. The maximum absolute atomic E-state index is 11.2. The van der Waals surface area contributed by atoms with Gasteiger partial charge in [0.1, 0.15) is 11.6 Å². The summed E-state index contributed by atoms with van der Waals surface area (Å²) in [6.07, 6.45) is -0.731. The van der Waals surface area contributed by atoms with E-state index in [-0.39, 0.29) is 0 Å². The van der Waals surface area contributed by atoms with Gasteiger partial charge in [-0.05, 0) is 20.8 Å². The summed E-state index contributed by atoms with van der Waals surface area (Å²) >= 11 is 0. The van der Waals surface area contributed by atoms with Crippen LogP contribution in [0.1, 0.15) is 20.8 Å². The molecule has 0 aromatic rings. The standard InChI is InChI=1S/C9H18N2O4/c1-9(2,3)15-8(14)11-6(5-12)7(13)10-4/h6,12H,5H2,1-4H3,(H,10,13)(H,11,14). The van der Waals surface area contributed by atoms with Crippen LogP contribution in [-0.2, 0) is 9.53 Å². The molecule has 0 saturated carbocycles. The van der Waals surface area contributed by atoms with Crippen molar-refractivity contribution >= 4 is 12.0 Å². The lowest BCUT2D eigenvalue weighted by atomic mass is 10.2. The van der Waals surface area contributed by atoms with Crippen molar-refractivity contribution in [2.24, 2.45) is 0 Å². The topological polar surface area (TPSA) is 87.7 Å². The summed E-state index contributed by atoms with van der Waals surface area (Å²) in [5.74, 6) is -0.469. The Morgan fingerprint density at radius 3 is 2.27 bits per heavy atom. The third kappa shape index (κ3) is 5.90. The Kier molecular flexibility index (Phi) is 5.07. The highest BCUT2D eigenvalue weighted by Gasteiger charge is 2.22. The Balaban J connectivity index is 4.20. The molecule has 0 rings (SSSR count). The zero-order valence-corrected chi connectivity index (χ0v) is 9.46. The van der Waals surface area contributed by atoms with Crippen molar-refractivity contribution in [1.82, 2.24) is 10.6 Å². The van der Waals surface area contributed by atoms with E-state index in [4.69, 9.17) is 9.84 Å². The number of hydrogen-bond acceptors (Lipinski definition) is 4. The van der Waals surface area contributed by atoms with E-state index in [9.17, 15) is 9.59 Å². The minimum atomic E-state index is -0.982. The summed E-state index contributed by atoms with van der Waals surface area (Å²) in [7, 11) is 1.42. The number of aliphatic hydroxyl groups is 1. The number of carbonyl (C=O) groups is 2. The molecular formula is C9H18N2O4. The Morgan fingerprint density at radius 2 is 1.93 bits per heavy atom. The first-order valence-corrected chi connectivity index (χ1v) is 4.62. The fraction of sp³-hybridized carbons (Fsp3) is 0.778. The number of nitrogens with one attached hydrogen (secondary N) is 2. The molecule has 6 nitrogen and oxygen atoms in total. The molecule has 88 valence electrons. The van der Waals surface area contributed by atoms with Crippen molar-refractivity contribution in [2.45, 2.75) is 32.4 Å². The van der Waals surface area contributed by atoms with E-state index in [1.165, 1.54) is 7.05 Å².